The molecule has 106 valence electrons. The van der Waals surface area contributed by atoms with Crippen LogP contribution in [-0.2, 0) is 17.3 Å². The largest absolute Gasteiger partial charge is 0.359 e. The molecule has 1 rings (SSSR count). The quantitative estimate of drug-likeness (QED) is 0.715. The van der Waals surface area contributed by atoms with Gasteiger partial charge in [0.2, 0.25) is 0 Å². The summed E-state index contributed by atoms with van der Waals surface area (Å²) in [6.45, 7) is 9.60. The summed E-state index contributed by atoms with van der Waals surface area (Å²) < 4.78 is 16.8. The molecule has 0 aliphatic carbocycles. The van der Waals surface area contributed by atoms with E-state index in [4.69, 9.17) is 12.5 Å². The van der Waals surface area contributed by atoms with Gasteiger partial charge in [-0.15, -0.1) is 0 Å². The van der Waals surface area contributed by atoms with Crippen molar-refractivity contribution in [1.82, 2.24) is 0 Å². The van der Waals surface area contributed by atoms with E-state index in [-0.39, 0.29) is 0 Å². The molecular formula is C14H20O4S. The number of carbonyl (C=O) groups excluding carboxylic acids is 1. The van der Waals surface area contributed by atoms with Gasteiger partial charge in [-0.3, -0.25) is 8.37 Å². The third-order valence-corrected chi connectivity index (χ3v) is 4.42. The van der Waals surface area contributed by atoms with E-state index in [2.05, 4.69) is 6.58 Å². The molecule has 0 heterocycles. The van der Waals surface area contributed by atoms with Crippen molar-refractivity contribution >= 4 is 16.8 Å². The summed E-state index contributed by atoms with van der Waals surface area (Å²) in [6, 6.07) is 9.23. The molecule has 4 nitrogen and oxygen atoms in total. The van der Waals surface area contributed by atoms with Gasteiger partial charge < -0.3 is 4.18 Å². The van der Waals surface area contributed by atoms with E-state index in [1.807, 2.05) is 44.2 Å². The normalized spacial score (nSPS) is 11.9. The number of hydrogen-bond acceptors (Lipinski definition) is 4. The molecule has 0 aromatic heterocycles. The van der Waals surface area contributed by atoms with E-state index in [0.29, 0.717) is 23.7 Å². The number of rotatable bonds is 7. The van der Waals surface area contributed by atoms with Gasteiger partial charge in [-0.25, -0.2) is 4.79 Å². The Balaban J connectivity index is 3.13. The number of carbonyl (C=O) groups is 1. The van der Waals surface area contributed by atoms with E-state index in [0.717, 1.165) is 0 Å². The van der Waals surface area contributed by atoms with Crippen LogP contribution in [0, 0.1) is 0 Å². The molecule has 0 bridgehead atoms. The van der Waals surface area contributed by atoms with Crippen molar-refractivity contribution in [2.45, 2.75) is 25.7 Å². The maximum absolute atomic E-state index is 11.8. The zero-order valence-electron chi connectivity index (χ0n) is 11.5. The maximum atomic E-state index is 11.8. The van der Waals surface area contributed by atoms with Gasteiger partial charge in [0.05, 0.1) is 18.1 Å². The van der Waals surface area contributed by atoms with Crippen molar-refractivity contribution in [2.75, 3.05) is 13.2 Å². The molecule has 0 saturated carbocycles. The zero-order chi connectivity index (χ0) is 14.3. The van der Waals surface area contributed by atoms with Gasteiger partial charge in [-0.05, 0) is 32.9 Å². The van der Waals surface area contributed by atoms with Gasteiger partial charge in [-0.2, -0.15) is 0 Å². The van der Waals surface area contributed by atoms with Crippen molar-refractivity contribution in [2.24, 2.45) is 0 Å². The molecule has 5 heteroatoms. The highest BCUT2D eigenvalue weighted by atomic mass is 32.3. The minimum Gasteiger partial charge on any atom is -0.359 e. The fourth-order valence-electron chi connectivity index (χ4n) is 1.33. The van der Waals surface area contributed by atoms with Crippen LogP contribution in [0.2, 0.25) is 0 Å². The summed E-state index contributed by atoms with van der Waals surface area (Å²) in [6.07, 6.45) is 0. The van der Waals surface area contributed by atoms with Gasteiger partial charge in [0.1, 0.15) is 0 Å². The molecule has 19 heavy (non-hydrogen) atoms. The topological polar surface area (TPSA) is 44.8 Å². The van der Waals surface area contributed by atoms with Crippen LogP contribution >= 0.6 is 10.9 Å². The third kappa shape index (κ3) is 4.09. The first-order chi connectivity index (χ1) is 9.05. The van der Waals surface area contributed by atoms with Gasteiger partial charge in [0, 0.05) is 5.57 Å². The summed E-state index contributed by atoms with van der Waals surface area (Å²) in [4.78, 5) is 12.5. The fraction of sp³-hybridized carbons (Fsp3) is 0.357. The first-order valence-corrected chi connectivity index (χ1v) is 7.53. The maximum Gasteiger partial charge on any atom is 0.347 e. The van der Waals surface area contributed by atoms with Gasteiger partial charge in [0.15, 0.2) is 10.9 Å². The van der Waals surface area contributed by atoms with Crippen LogP contribution < -0.4 is 0 Å². The highest BCUT2D eigenvalue weighted by Crippen LogP contribution is 2.59. The molecule has 0 fully saturated rings. The minimum absolute atomic E-state index is 0.312. The van der Waals surface area contributed by atoms with Crippen LogP contribution in [0.15, 0.2) is 47.4 Å². The summed E-state index contributed by atoms with van der Waals surface area (Å²) in [5, 5.41) is 0. The second-order valence-corrected chi connectivity index (χ2v) is 5.75. The van der Waals surface area contributed by atoms with Crippen molar-refractivity contribution < 1.29 is 17.3 Å². The molecule has 0 aliphatic heterocycles. The van der Waals surface area contributed by atoms with Crippen molar-refractivity contribution in [1.29, 1.82) is 0 Å². The highest BCUT2D eigenvalue weighted by Gasteiger charge is 2.33. The predicted octanol–water partition coefficient (Wildman–Crippen LogP) is 3.79. The number of hydrogen-bond donors (Lipinski definition) is 0. The highest BCUT2D eigenvalue weighted by molar-refractivity contribution is 8.22. The lowest BCUT2D eigenvalue weighted by molar-refractivity contribution is -0.130. The molecule has 0 radical (unpaired) electrons. The first-order valence-electron chi connectivity index (χ1n) is 6.12. The Morgan fingerprint density at radius 2 is 1.68 bits per heavy atom. The van der Waals surface area contributed by atoms with Crippen LogP contribution in [0.5, 0.6) is 0 Å². The van der Waals surface area contributed by atoms with Crippen LogP contribution in [0.25, 0.3) is 0 Å². The lowest BCUT2D eigenvalue weighted by Gasteiger charge is -2.36. The van der Waals surface area contributed by atoms with Gasteiger partial charge >= 0.3 is 5.97 Å². The Hall–Kier alpha value is -1.30. The molecule has 0 atom stereocenters. The SMILES string of the molecule is C=C(C)C(=O)OS(OCC)(OCC)c1ccccc1. The lowest BCUT2D eigenvalue weighted by atomic mass is 10.4. The zero-order valence-corrected chi connectivity index (χ0v) is 12.4. The average Bonchev–Trinajstić information content (AvgIpc) is 2.40. The summed E-state index contributed by atoms with van der Waals surface area (Å²) in [7, 11) is -2.53. The van der Waals surface area contributed by atoms with Crippen molar-refractivity contribution in [3.8, 4) is 0 Å². The Labute approximate surface area is 116 Å². The molecular weight excluding hydrogens is 264 g/mol. The molecule has 0 aliphatic rings. The predicted molar refractivity (Wildman–Crippen MR) is 76.5 cm³/mol. The second-order valence-electron chi connectivity index (χ2n) is 3.73. The van der Waals surface area contributed by atoms with E-state index in [1.54, 1.807) is 6.92 Å². The molecule has 1 aromatic rings. The Kier molecular flexibility index (Phi) is 6.08. The average molecular weight is 284 g/mol. The molecule has 0 amide bonds. The third-order valence-electron chi connectivity index (χ3n) is 2.11. The number of benzene rings is 1. The standard InChI is InChI=1S/C14H20O4S/c1-5-16-19(17-6-2,18-14(15)12(3)4)13-10-8-7-9-11-13/h7-11H,3,5-6H2,1-2,4H3. The Morgan fingerprint density at radius 3 is 2.11 bits per heavy atom. The van der Waals surface area contributed by atoms with Crippen molar-refractivity contribution in [3.63, 3.8) is 0 Å². The Bertz CT molecular complexity index is 424. The Morgan fingerprint density at radius 1 is 1.16 bits per heavy atom. The van der Waals surface area contributed by atoms with E-state index in [9.17, 15) is 4.79 Å². The van der Waals surface area contributed by atoms with Crippen molar-refractivity contribution in [3.05, 3.63) is 42.5 Å². The molecule has 0 spiro atoms. The summed E-state index contributed by atoms with van der Waals surface area (Å²) in [5.41, 5.74) is 0.312. The van der Waals surface area contributed by atoms with Crippen LogP contribution in [0.4, 0.5) is 0 Å². The molecule has 0 unspecified atom stereocenters. The minimum atomic E-state index is -2.53. The first kappa shape index (κ1) is 15.8. The second kappa shape index (κ2) is 7.33. The fourth-order valence-corrected chi connectivity index (χ4v) is 3.32. The summed E-state index contributed by atoms with van der Waals surface area (Å²) in [5.74, 6) is -0.513. The lowest BCUT2D eigenvalue weighted by Crippen LogP contribution is -2.17. The van der Waals surface area contributed by atoms with Crippen LogP contribution in [0.3, 0.4) is 0 Å². The molecule has 0 saturated heterocycles. The van der Waals surface area contributed by atoms with Gasteiger partial charge in [-0.1, -0.05) is 24.8 Å². The van der Waals surface area contributed by atoms with Gasteiger partial charge in [0.25, 0.3) is 0 Å². The van der Waals surface area contributed by atoms with E-state index >= 15 is 0 Å². The smallest absolute Gasteiger partial charge is 0.347 e. The van der Waals surface area contributed by atoms with Crippen LogP contribution in [0.1, 0.15) is 20.8 Å². The van der Waals surface area contributed by atoms with E-state index < -0.39 is 16.8 Å². The van der Waals surface area contributed by atoms with Crippen LogP contribution in [-0.4, -0.2) is 19.2 Å². The van der Waals surface area contributed by atoms with E-state index in [1.165, 1.54) is 0 Å². The monoisotopic (exact) mass is 284 g/mol. The summed E-state index contributed by atoms with van der Waals surface area (Å²) >= 11 is 0. The molecule has 0 N–H and O–H groups in total. The molecule has 1 aromatic carbocycles.